The molecule has 0 amide bonds. The predicted octanol–water partition coefficient (Wildman–Crippen LogP) is 11.5. The fourth-order valence-electron chi connectivity index (χ4n) is 6.85. The average molecular weight is 616 g/mol. The van der Waals surface area contributed by atoms with E-state index in [2.05, 4.69) is 97.1 Å². The molecule has 7 aromatic carbocycles. The molecule has 10 rings (SSSR count). The first-order chi connectivity index (χ1) is 23.8. The molecule has 0 fully saturated rings. The number of nitrogens with zero attached hydrogens (tertiary/aromatic N) is 3. The van der Waals surface area contributed by atoms with Crippen molar-refractivity contribution < 1.29 is 8.83 Å². The van der Waals surface area contributed by atoms with E-state index in [0.717, 1.165) is 82.5 Å². The molecule has 3 aromatic heterocycles. The molecule has 0 bridgehead atoms. The summed E-state index contributed by atoms with van der Waals surface area (Å²) in [6.07, 6.45) is 0. The molecule has 0 aliphatic heterocycles. The second kappa shape index (κ2) is 10.5. The smallest absolute Gasteiger partial charge is 0.164 e. The third-order valence-electron chi connectivity index (χ3n) is 9.15. The van der Waals surface area contributed by atoms with Crippen LogP contribution in [0.4, 0.5) is 0 Å². The molecule has 0 spiro atoms. The third kappa shape index (κ3) is 4.22. The maximum Gasteiger partial charge on any atom is 0.164 e. The fourth-order valence-corrected chi connectivity index (χ4v) is 6.85. The SMILES string of the molecule is c1ccc(-c2ccc(-c3nc(-c4ccc5c(ccc6oc7ccccc7c65)c4)nc(-c4cccc5oc6ccccc6c45)n3)cc2)cc1. The highest BCUT2D eigenvalue weighted by Crippen LogP contribution is 2.38. The maximum absolute atomic E-state index is 6.23. The van der Waals surface area contributed by atoms with E-state index in [1.54, 1.807) is 0 Å². The highest BCUT2D eigenvalue weighted by atomic mass is 16.3. The summed E-state index contributed by atoms with van der Waals surface area (Å²) in [5.74, 6) is 1.80. The molecule has 0 saturated carbocycles. The number of para-hydroxylation sites is 2. The van der Waals surface area contributed by atoms with E-state index in [-0.39, 0.29) is 0 Å². The maximum atomic E-state index is 6.23. The normalized spacial score (nSPS) is 11.8. The minimum absolute atomic E-state index is 0.593. The zero-order valence-corrected chi connectivity index (χ0v) is 25.6. The van der Waals surface area contributed by atoms with Crippen molar-refractivity contribution in [3.8, 4) is 45.3 Å². The minimum Gasteiger partial charge on any atom is -0.456 e. The highest BCUT2D eigenvalue weighted by molar-refractivity contribution is 6.19. The van der Waals surface area contributed by atoms with E-state index < -0.39 is 0 Å². The number of hydrogen-bond acceptors (Lipinski definition) is 5. The second-order valence-electron chi connectivity index (χ2n) is 12.0. The van der Waals surface area contributed by atoms with Gasteiger partial charge in [0.1, 0.15) is 22.3 Å². The van der Waals surface area contributed by atoms with Gasteiger partial charge in [0.15, 0.2) is 17.5 Å². The standard InChI is InChI=1S/C43H25N3O2/c1-2-9-26(10-3-1)27-17-19-28(20-18-27)41-44-42(46-43(45-41)34-13-8-16-37-40(34)33-12-5-7-15-36(33)47-37)30-21-23-31-29(25-30)22-24-38-39(31)32-11-4-6-14-35(32)48-38/h1-25H. The number of hydrogen-bond donors (Lipinski definition) is 0. The number of aromatic nitrogens is 3. The summed E-state index contributed by atoms with van der Waals surface area (Å²) in [7, 11) is 0. The molecule has 5 nitrogen and oxygen atoms in total. The Hall–Kier alpha value is -6.59. The van der Waals surface area contributed by atoms with E-state index in [9.17, 15) is 0 Å². The molecular formula is C43H25N3O2. The van der Waals surface area contributed by atoms with Crippen molar-refractivity contribution in [3.05, 3.63) is 152 Å². The van der Waals surface area contributed by atoms with Gasteiger partial charge in [-0.05, 0) is 52.2 Å². The van der Waals surface area contributed by atoms with Crippen LogP contribution in [-0.2, 0) is 0 Å². The van der Waals surface area contributed by atoms with Gasteiger partial charge in [-0.2, -0.15) is 0 Å². The van der Waals surface area contributed by atoms with Crippen LogP contribution in [0.1, 0.15) is 0 Å². The minimum atomic E-state index is 0.593. The summed E-state index contributed by atoms with van der Waals surface area (Å²) in [4.78, 5) is 15.3. The van der Waals surface area contributed by atoms with Crippen LogP contribution in [-0.4, -0.2) is 15.0 Å². The van der Waals surface area contributed by atoms with Gasteiger partial charge >= 0.3 is 0 Å². The van der Waals surface area contributed by atoms with E-state index in [0.29, 0.717) is 17.5 Å². The lowest BCUT2D eigenvalue weighted by Gasteiger charge is -2.10. The van der Waals surface area contributed by atoms with E-state index in [1.807, 2.05) is 54.6 Å². The first-order valence-electron chi connectivity index (χ1n) is 15.9. The number of furan rings is 2. The lowest BCUT2D eigenvalue weighted by atomic mass is 10.0. The van der Waals surface area contributed by atoms with Gasteiger partial charge in [0, 0.05) is 38.2 Å². The van der Waals surface area contributed by atoms with Crippen molar-refractivity contribution in [2.75, 3.05) is 0 Å². The summed E-state index contributed by atoms with van der Waals surface area (Å²) in [5.41, 5.74) is 8.41. The number of benzene rings is 7. The Morgan fingerprint density at radius 2 is 0.896 bits per heavy atom. The van der Waals surface area contributed by atoms with Gasteiger partial charge in [-0.3, -0.25) is 0 Å². The van der Waals surface area contributed by atoms with Crippen molar-refractivity contribution in [1.82, 2.24) is 15.0 Å². The van der Waals surface area contributed by atoms with Gasteiger partial charge in [0.05, 0.1) is 0 Å². The Bertz CT molecular complexity index is 2830. The molecule has 0 aliphatic carbocycles. The Morgan fingerprint density at radius 3 is 1.67 bits per heavy atom. The molecule has 3 heterocycles. The van der Waals surface area contributed by atoms with Crippen molar-refractivity contribution >= 4 is 54.6 Å². The van der Waals surface area contributed by atoms with Crippen molar-refractivity contribution in [3.63, 3.8) is 0 Å². The van der Waals surface area contributed by atoms with E-state index in [1.165, 1.54) is 0 Å². The van der Waals surface area contributed by atoms with Gasteiger partial charge in [-0.1, -0.05) is 121 Å². The van der Waals surface area contributed by atoms with Gasteiger partial charge in [-0.15, -0.1) is 0 Å². The largest absolute Gasteiger partial charge is 0.456 e. The van der Waals surface area contributed by atoms with Crippen LogP contribution < -0.4 is 0 Å². The molecule has 0 saturated heterocycles. The molecule has 10 aromatic rings. The van der Waals surface area contributed by atoms with Crippen LogP contribution in [0.15, 0.2) is 160 Å². The van der Waals surface area contributed by atoms with Gasteiger partial charge in [0.2, 0.25) is 0 Å². The Morgan fingerprint density at radius 1 is 0.333 bits per heavy atom. The zero-order chi connectivity index (χ0) is 31.6. The lowest BCUT2D eigenvalue weighted by Crippen LogP contribution is -2.00. The third-order valence-corrected chi connectivity index (χ3v) is 9.15. The molecule has 0 N–H and O–H groups in total. The van der Waals surface area contributed by atoms with Crippen LogP contribution >= 0.6 is 0 Å². The van der Waals surface area contributed by atoms with Gasteiger partial charge in [-0.25, -0.2) is 15.0 Å². The molecule has 224 valence electrons. The fraction of sp³-hybridized carbons (Fsp3) is 0. The van der Waals surface area contributed by atoms with Crippen molar-refractivity contribution in [2.45, 2.75) is 0 Å². The molecule has 0 radical (unpaired) electrons. The van der Waals surface area contributed by atoms with E-state index in [4.69, 9.17) is 23.8 Å². The molecular weight excluding hydrogens is 590 g/mol. The van der Waals surface area contributed by atoms with Crippen LogP contribution in [0.25, 0.3) is 99.9 Å². The van der Waals surface area contributed by atoms with E-state index >= 15 is 0 Å². The van der Waals surface area contributed by atoms with Crippen molar-refractivity contribution in [1.29, 1.82) is 0 Å². The molecule has 48 heavy (non-hydrogen) atoms. The Balaban J connectivity index is 1.18. The number of fused-ring (bicyclic) bond motifs is 8. The monoisotopic (exact) mass is 615 g/mol. The summed E-state index contributed by atoms with van der Waals surface area (Å²) in [5, 5.41) is 6.45. The molecule has 0 atom stereocenters. The highest BCUT2D eigenvalue weighted by Gasteiger charge is 2.18. The first kappa shape index (κ1) is 26.6. The molecule has 0 aliphatic rings. The van der Waals surface area contributed by atoms with Crippen LogP contribution in [0.2, 0.25) is 0 Å². The van der Waals surface area contributed by atoms with Gasteiger partial charge in [0.25, 0.3) is 0 Å². The predicted molar refractivity (Wildman–Crippen MR) is 194 cm³/mol. The number of rotatable bonds is 4. The Kier molecular flexibility index (Phi) is 5.81. The average Bonchev–Trinajstić information content (AvgIpc) is 3.74. The van der Waals surface area contributed by atoms with Crippen LogP contribution in [0, 0.1) is 0 Å². The first-order valence-corrected chi connectivity index (χ1v) is 15.9. The quantitative estimate of drug-likeness (QED) is 0.197. The summed E-state index contributed by atoms with van der Waals surface area (Å²) in [6, 6.07) is 51.7. The summed E-state index contributed by atoms with van der Waals surface area (Å²) in [6.45, 7) is 0. The molecule has 0 unspecified atom stereocenters. The Labute approximate surface area is 274 Å². The van der Waals surface area contributed by atoms with Gasteiger partial charge < -0.3 is 8.83 Å². The summed E-state index contributed by atoms with van der Waals surface area (Å²) < 4.78 is 12.4. The topological polar surface area (TPSA) is 65.0 Å². The second-order valence-corrected chi connectivity index (χ2v) is 12.0. The molecule has 5 heteroatoms. The lowest BCUT2D eigenvalue weighted by molar-refractivity contribution is 0.668. The van der Waals surface area contributed by atoms with Crippen LogP contribution in [0.5, 0.6) is 0 Å². The summed E-state index contributed by atoms with van der Waals surface area (Å²) >= 11 is 0. The van der Waals surface area contributed by atoms with Crippen LogP contribution in [0.3, 0.4) is 0 Å². The zero-order valence-electron chi connectivity index (χ0n) is 25.6. The van der Waals surface area contributed by atoms with Crippen molar-refractivity contribution in [2.24, 2.45) is 0 Å².